The number of nitrogens with one attached hydrogen (secondary N) is 1. The Morgan fingerprint density at radius 1 is 1.32 bits per heavy atom. The van der Waals surface area contributed by atoms with Crippen LogP contribution in [0.1, 0.15) is 34.7 Å². The van der Waals surface area contributed by atoms with Crippen molar-refractivity contribution in [3.8, 4) is 5.69 Å². The molecule has 0 bridgehead atoms. The van der Waals surface area contributed by atoms with Crippen molar-refractivity contribution in [2.45, 2.75) is 18.8 Å². The van der Waals surface area contributed by atoms with E-state index >= 15 is 0 Å². The van der Waals surface area contributed by atoms with Crippen molar-refractivity contribution >= 4 is 16.8 Å². The molecule has 0 radical (unpaired) electrons. The Bertz CT molecular complexity index is 944. The lowest BCUT2D eigenvalue weighted by Gasteiger charge is -2.23. The highest BCUT2D eigenvalue weighted by atomic mass is 19.1. The largest absolute Gasteiger partial charge is 0.366 e. The molecule has 1 aromatic heterocycles. The van der Waals surface area contributed by atoms with Crippen LogP contribution in [0.25, 0.3) is 16.6 Å². The number of nitrogens with two attached hydrogens (primary N) is 1. The summed E-state index contributed by atoms with van der Waals surface area (Å²) in [5.41, 5.74) is 7.65. The summed E-state index contributed by atoms with van der Waals surface area (Å²) in [7, 11) is 0. The minimum Gasteiger partial charge on any atom is -0.366 e. The Hall–Kier alpha value is -2.73. The Kier molecular flexibility index (Phi) is 3.97. The van der Waals surface area contributed by atoms with Crippen molar-refractivity contribution in [3.63, 3.8) is 0 Å². The van der Waals surface area contributed by atoms with Gasteiger partial charge in [-0.1, -0.05) is 18.2 Å². The number of hydrogen-bond donors (Lipinski definition) is 2. The number of aromatic nitrogens is 2. The summed E-state index contributed by atoms with van der Waals surface area (Å²) in [4.78, 5) is 11.5. The summed E-state index contributed by atoms with van der Waals surface area (Å²) in [5, 5.41) is 8.53. The van der Waals surface area contributed by atoms with Crippen molar-refractivity contribution < 1.29 is 9.18 Å². The third kappa shape index (κ3) is 2.89. The van der Waals surface area contributed by atoms with E-state index in [2.05, 4.69) is 10.4 Å². The lowest BCUT2D eigenvalue weighted by atomic mass is 9.91. The number of piperidine rings is 1. The summed E-state index contributed by atoms with van der Waals surface area (Å²) in [6.07, 6.45) is 3.83. The lowest BCUT2D eigenvalue weighted by molar-refractivity contribution is 0.100. The van der Waals surface area contributed by atoms with Gasteiger partial charge in [-0.3, -0.25) is 4.79 Å². The number of halogens is 1. The molecule has 1 aliphatic rings. The second-order valence-corrected chi connectivity index (χ2v) is 6.43. The lowest BCUT2D eigenvalue weighted by Crippen LogP contribution is -2.28. The van der Waals surface area contributed by atoms with E-state index in [-0.39, 0.29) is 11.7 Å². The first-order valence-electron chi connectivity index (χ1n) is 8.42. The monoisotopic (exact) mass is 338 g/mol. The Balaban J connectivity index is 1.72. The number of benzene rings is 2. The van der Waals surface area contributed by atoms with Gasteiger partial charge in [0.05, 0.1) is 11.3 Å². The van der Waals surface area contributed by atoms with Crippen molar-refractivity contribution in [1.29, 1.82) is 0 Å². The highest BCUT2D eigenvalue weighted by Crippen LogP contribution is 2.27. The molecule has 1 saturated heterocycles. The van der Waals surface area contributed by atoms with E-state index in [1.807, 2.05) is 18.2 Å². The molecular formula is C19H19FN4O. The van der Waals surface area contributed by atoms with E-state index in [9.17, 15) is 9.18 Å². The zero-order valence-electron chi connectivity index (χ0n) is 13.7. The van der Waals surface area contributed by atoms with Gasteiger partial charge in [-0.25, -0.2) is 9.07 Å². The van der Waals surface area contributed by atoms with Crippen molar-refractivity contribution in [3.05, 3.63) is 59.5 Å². The number of carbonyl (C=O) groups excluding carboxylic acids is 1. The number of rotatable bonds is 3. The SMILES string of the molecule is NC(=O)c1cccc2cn(-c3ccc([C@@H]4CCCNC4)c(F)c3)nc12. The van der Waals surface area contributed by atoms with Crippen LogP contribution in [-0.4, -0.2) is 28.8 Å². The third-order valence-electron chi connectivity index (χ3n) is 4.79. The van der Waals surface area contributed by atoms with Crippen molar-refractivity contribution in [2.75, 3.05) is 13.1 Å². The first-order valence-corrected chi connectivity index (χ1v) is 8.42. The molecule has 5 nitrogen and oxygen atoms in total. The van der Waals surface area contributed by atoms with Crippen LogP contribution in [0.15, 0.2) is 42.6 Å². The molecule has 1 amide bonds. The first-order chi connectivity index (χ1) is 12.1. The molecule has 3 aromatic rings. The highest BCUT2D eigenvalue weighted by molar-refractivity contribution is 6.04. The van der Waals surface area contributed by atoms with Gasteiger partial charge in [-0.05, 0) is 49.1 Å². The molecular weight excluding hydrogens is 319 g/mol. The average Bonchev–Trinajstić information content (AvgIpc) is 3.06. The van der Waals surface area contributed by atoms with E-state index in [1.54, 1.807) is 23.0 Å². The van der Waals surface area contributed by atoms with Gasteiger partial charge >= 0.3 is 0 Å². The fraction of sp³-hybridized carbons (Fsp3) is 0.263. The molecule has 3 N–H and O–H groups in total. The fourth-order valence-corrected chi connectivity index (χ4v) is 3.48. The minimum absolute atomic E-state index is 0.209. The first kappa shape index (κ1) is 15.8. The zero-order chi connectivity index (χ0) is 17.4. The van der Waals surface area contributed by atoms with Crippen LogP contribution < -0.4 is 11.1 Å². The van der Waals surface area contributed by atoms with Gasteiger partial charge in [0.25, 0.3) is 5.91 Å². The molecule has 1 atom stereocenters. The summed E-state index contributed by atoms with van der Waals surface area (Å²) in [6, 6.07) is 10.5. The van der Waals surface area contributed by atoms with Gasteiger partial charge in [0.15, 0.2) is 0 Å². The molecule has 0 spiro atoms. The summed E-state index contributed by atoms with van der Waals surface area (Å²) in [5.74, 6) is -0.538. The molecule has 1 fully saturated rings. The Labute approximate surface area is 144 Å². The van der Waals surface area contributed by atoms with E-state index in [0.717, 1.165) is 36.9 Å². The Morgan fingerprint density at radius 2 is 2.20 bits per heavy atom. The predicted molar refractivity (Wildman–Crippen MR) is 94.4 cm³/mol. The van der Waals surface area contributed by atoms with Crippen LogP contribution >= 0.6 is 0 Å². The maximum atomic E-state index is 14.6. The summed E-state index contributed by atoms with van der Waals surface area (Å²) in [6.45, 7) is 1.81. The molecule has 2 heterocycles. The van der Waals surface area contributed by atoms with E-state index in [0.29, 0.717) is 16.8 Å². The van der Waals surface area contributed by atoms with Gasteiger partial charge in [0.1, 0.15) is 11.3 Å². The zero-order valence-corrected chi connectivity index (χ0v) is 13.7. The van der Waals surface area contributed by atoms with Gasteiger partial charge in [0.2, 0.25) is 0 Å². The molecule has 6 heteroatoms. The van der Waals surface area contributed by atoms with Crippen LogP contribution in [0.3, 0.4) is 0 Å². The maximum Gasteiger partial charge on any atom is 0.250 e. The van der Waals surface area contributed by atoms with Crippen molar-refractivity contribution in [1.82, 2.24) is 15.1 Å². The van der Waals surface area contributed by atoms with E-state index in [4.69, 9.17) is 5.73 Å². The van der Waals surface area contributed by atoms with Gasteiger partial charge < -0.3 is 11.1 Å². The highest BCUT2D eigenvalue weighted by Gasteiger charge is 2.19. The standard InChI is InChI=1S/C19H19FN4O/c20-17-9-14(6-7-15(17)12-4-2-8-22-10-12)24-11-13-3-1-5-16(19(21)25)18(13)23-24/h1,3,5-7,9,11-12,22H,2,4,8,10H2,(H2,21,25)/t12-/m1/s1. The molecule has 0 unspecified atom stereocenters. The molecule has 2 aromatic carbocycles. The van der Waals surface area contributed by atoms with Crippen molar-refractivity contribution in [2.24, 2.45) is 5.73 Å². The number of primary amides is 1. The molecule has 128 valence electrons. The number of nitrogens with zero attached hydrogens (tertiary/aromatic N) is 2. The summed E-state index contributed by atoms with van der Waals surface area (Å²) < 4.78 is 16.2. The minimum atomic E-state index is -0.526. The number of carbonyl (C=O) groups is 1. The smallest absolute Gasteiger partial charge is 0.250 e. The van der Waals surface area contributed by atoms with Crippen LogP contribution in [0.2, 0.25) is 0 Å². The number of amides is 1. The third-order valence-corrected chi connectivity index (χ3v) is 4.79. The second kappa shape index (κ2) is 6.29. The predicted octanol–water partition coefficient (Wildman–Crippen LogP) is 2.73. The van der Waals surface area contributed by atoms with E-state index < -0.39 is 5.91 Å². The van der Waals surface area contributed by atoms with E-state index in [1.165, 1.54) is 6.07 Å². The van der Waals surface area contributed by atoms with Gasteiger partial charge in [-0.2, -0.15) is 5.10 Å². The second-order valence-electron chi connectivity index (χ2n) is 6.43. The van der Waals surface area contributed by atoms with Crippen LogP contribution in [0.4, 0.5) is 4.39 Å². The average molecular weight is 338 g/mol. The van der Waals surface area contributed by atoms with Crippen LogP contribution in [0.5, 0.6) is 0 Å². The molecule has 1 aliphatic heterocycles. The van der Waals surface area contributed by atoms with Crippen LogP contribution in [-0.2, 0) is 0 Å². The maximum absolute atomic E-state index is 14.6. The van der Waals surface area contributed by atoms with Gasteiger partial charge in [0, 0.05) is 18.1 Å². The quantitative estimate of drug-likeness (QED) is 0.771. The number of hydrogen-bond acceptors (Lipinski definition) is 3. The normalized spacial score (nSPS) is 17.7. The molecule has 0 saturated carbocycles. The van der Waals surface area contributed by atoms with Gasteiger partial charge in [-0.15, -0.1) is 0 Å². The van der Waals surface area contributed by atoms with Crippen LogP contribution in [0, 0.1) is 5.82 Å². The number of fused-ring (bicyclic) bond motifs is 1. The topological polar surface area (TPSA) is 72.9 Å². The molecule has 0 aliphatic carbocycles. The molecule has 25 heavy (non-hydrogen) atoms. The summed E-state index contributed by atoms with van der Waals surface area (Å²) >= 11 is 0. The fourth-order valence-electron chi connectivity index (χ4n) is 3.48. The Morgan fingerprint density at radius 3 is 2.92 bits per heavy atom. The molecule has 4 rings (SSSR count).